The highest BCUT2D eigenvalue weighted by Crippen LogP contribution is 2.35. The number of nitrogens with one attached hydrogen (secondary N) is 4. The van der Waals surface area contributed by atoms with Crippen LogP contribution >= 0.6 is 0 Å². The molecule has 9 heteroatoms. The van der Waals surface area contributed by atoms with Crippen molar-refractivity contribution in [2.24, 2.45) is 0 Å². The van der Waals surface area contributed by atoms with Gasteiger partial charge in [0, 0.05) is 49.1 Å². The van der Waals surface area contributed by atoms with Crippen molar-refractivity contribution in [3.63, 3.8) is 0 Å². The second-order valence-corrected chi connectivity index (χ2v) is 7.63. The number of ether oxygens (including phenoxy) is 2. The van der Waals surface area contributed by atoms with E-state index in [2.05, 4.69) is 45.1 Å². The molecule has 4 N–H and O–H groups in total. The van der Waals surface area contributed by atoms with E-state index in [-0.39, 0.29) is 12.7 Å². The first kappa shape index (κ1) is 22.6. The molecular formula is C24H30N6O3. The smallest absolute Gasteiger partial charge is 0.256 e. The van der Waals surface area contributed by atoms with Crippen molar-refractivity contribution < 1.29 is 14.3 Å². The Morgan fingerprint density at radius 2 is 1.82 bits per heavy atom. The number of H-pyrrole nitrogens is 1. The van der Waals surface area contributed by atoms with Crippen LogP contribution in [0, 0.1) is 0 Å². The number of carbonyl (C=O) groups is 1. The summed E-state index contributed by atoms with van der Waals surface area (Å²) < 4.78 is 10.8. The van der Waals surface area contributed by atoms with Gasteiger partial charge in [-0.3, -0.25) is 15.3 Å². The molecule has 0 aliphatic carbocycles. The maximum Gasteiger partial charge on any atom is 0.256 e. The average molecular weight is 451 g/mol. The number of amides is 1. The number of hydrazine groups is 1. The monoisotopic (exact) mass is 450 g/mol. The highest BCUT2D eigenvalue weighted by atomic mass is 16.7. The zero-order valence-corrected chi connectivity index (χ0v) is 19.0. The van der Waals surface area contributed by atoms with Crippen molar-refractivity contribution in [1.82, 2.24) is 20.6 Å². The number of nitrogens with zero attached hydrogens (tertiary/aromatic N) is 2. The molecule has 3 aromatic rings. The Kier molecular flexibility index (Phi) is 7.43. The Hall–Kier alpha value is -3.56. The lowest BCUT2D eigenvalue weighted by atomic mass is 10.1. The van der Waals surface area contributed by atoms with E-state index in [1.54, 1.807) is 18.2 Å². The minimum atomic E-state index is -0.214. The molecule has 0 spiro atoms. The number of fused-ring (bicyclic) bond motifs is 1. The van der Waals surface area contributed by atoms with Crippen LogP contribution in [-0.4, -0.2) is 54.1 Å². The number of hydrogen-bond donors (Lipinski definition) is 4. The average Bonchev–Trinajstić information content (AvgIpc) is 3.51. The summed E-state index contributed by atoms with van der Waals surface area (Å²) in [5.74, 6) is 1.66. The van der Waals surface area contributed by atoms with E-state index < -0.39 is 0 Å². The summed E-state index contributed by atoms with van der Waals surface area (Å²) in [6.07, 6.45) is 1.00. The van der Waals surface area contributed by atoms with E-state index in [1.807, 2.05) is 30.3 Å². The predicted molar refractivity (Wildman–Crippen MR) is 129 cm³/mol. The molecular weight excluding hydrogens is 420 g/mol. The third kappa shape index (κ3) is 5.82. The maximum atomic E-state index is 12.6. The van der Waals surface area contributed by atoms with Gasteiger partial charge in [0.05, 0.1) is 5.69 Å². The Morgan fingerprint density at radius 3 is 2.61 bits per heavy atom. The van der Waals surface area contributed by atoms with Gasteiger partial charge in [-0.2, -0.15) is 5.10 Å². The quantitative estimate of drug-likeness (QED) is 0.261. The first-order valence-electron chi connectivity index (χ1n) is 11.3. The number of hydrogen-bond acceptors (Lipinski definition) is 7. The number of benzene rings is 2. The topological polar surface area (TPSA) is 104 Å². The molecule has 174 valence electrons. The van der Waals surface area contributed by atoms with Crippen LogP contribution in [0.2, 0.25) is 0 Å². The summed E-state index contributed by atoms with van der Waals surface area (Å²) >= 11 is 0. The zero-order chi connectivity index (χ0) is 23.0. The Bertz CT molecular complexity index is 1060. The van der Waals surface area contributed by atoms with Gasteiger partial charge in [-0.05, 0) is 48.9 Å². The van der Waals surface area contributed by atoms with Gasteiger partial charge in [-0.1, -0.05) is 13.8 Å². The van der Waals surface area contributed by atoms with E-state index in [1.165, 1.54) is 0 Å². The summed E-state index contributed by atoms with van der Waals surface area (Å²) in [6.45, 7) is 8.26. The number of rotatable bonds is 11. The van der Waals surface area contributed by atoms with Crippen molar-refractivity contribution in [2.75, 3.05) is 43.6 Å². The van der Waals surface area contributed by atoms with Gasteiger partial charge in [-0.15, -0.1) is 0 Å². The molecule has 0 bridgehead atoms. The minimum Gasteiger partial charge on any atom is -0.454 e. The first-order chi connectivity index (χ1) is 16.2. The summed E-state index contributed by atoms with van der Waals surface area (Å²) in [5, 5.41) is 15.5. The molecule has 1 aliphatic heterocycles. The van der Waals surface area contributed by atoms with Crippen LogP contribution in [0.4, 0.5) is 11.5 Å². The molecule has 0 saturated carbocycles. The summed E-state index contributed by atoms with van der Waals surface area (Å²) in [7, 11) is 0. The number of aromatic amines is 1. The largest absolute Gasteiger partial charge is 0.454 e. The van der Waals surface area contributed by atoms with Gasteiger partial charge in [0.15, 0.2) is 17.3 Å². The summed E-state index contributed by atoms with van der Waals surface area (Å²) in [5.41, 5.74) is 6.62. The molecule has 0 radical (unpaired) electrons. The molecule has 9 nitrogen and oxygen atoms in total. The van der Waals surface area contributed by atoms with E-state index in [4.69, 9.17) is 9.47 Å². The summed E-state index contributed by atoms with van der Waals surface area (Å²) in [6, 6.07) is 14.9. The van der Waals surface area contributed by atoms with E-state index in [9.17, 15) is 4.79 Å². The molecule has 33 heavy (non-hydrogen) atoms. The number of aromatic nitrogens is 2. The van der Waals surface area contributed by atoms with Crippen molar-refractivity contribution in [2.45, 2.75) is 20.3 Å². The molecule has 1 aliphatic rings. The molecule has 1 amide bonds. The first-order valence-corrected chi connectivity index (χ1v) is 11.3. The van der Waals surface area contributed by atoms with Crippen LogP contribution in [0.15, 0.2) is 48.5 Å². The predicted octanol–water partition coefficient (Wildman–Crippen LogP) is 3.71. The Balaban J connectivity index is 1.26. The van der Waals surface area contributed by atoms with Crippen LogP contribution in [0.3, 0.4) is 0 Å². The normalized spacial score (nSPS) is 12.2. The van der Waals surface area contributed by atoms with E-state index >= 15 is 0 Å². The van der Waals surface area contributed by atoms with Crippen LogP contribution in [0.5, 0.6) is 11.5 Å². The van der Waals surface area contributed by atoms with Crippen LogP contribution in [0.25, 0.3) is 11.3 Å². The van der Waals surface area contributed by atoms with Gasteiger partial charge in [0.2, 0.25) is 6.79 Å². The molecule has 0 fully saturated rings. The zero-order valence-electron chi connectivity index (χ0n) is 19.0. The van der Waals surface area contributed by atoms with Crippen LogP contribution < -0.4 is 25.5 Å². The third-order valence-electron chi connectivity index (χ3n) is 5.43. The van der Waals surface area contributed by atoms with Gasteiger partial charge >= 0.3 is 0 Å². The van der Waals surface area contributed by atoms with Crippen molar-refractivity contribution in [3.05, 3.63) is 54.1 Å². The Labute approximate surface area is 193 Å². The van der Waals surface area contributed by atoms with E-state index in [0.29, 0.717) is 17.1 Å². The lowest BCUT2D eigenvalue weighted by molar-refractivity contribution is 0.102. The molecule has 0 saturated heterocycles. The van der Waals surface area contributed by atoms with Gasteiger partial charge in [0.25, 0.3) is 5.91 Å². The summed E-state index contributed by atoms with van der Waals surface area (Å²) in [4.78, 5) is 12.6. The van der Waals surface area contributed by atoms with Gasteiger partial charge < -0.3 is 20.1 Å². The van der Waals surface area contributed by atoms with Gasteiger partial charge in [0.1, 0.15) is 0 Å². The van der Waals surface area contributed by atoms with Crippen LogP contribution in [0.1, 0.15) is 30.6 Å². The number of carbonyl (C=O) groups excluding carboxylic acids is 1. The molecule has 2 heterocycles. The third-order valence-corrected chi connectivity index (χ3v) is 5.43. The molecule has 1 aromatic heterocycles. The highest BCUT2D eigenvalue weighted by molar-refractivity contribution is 6.04. The van der Waals surface area contributed by atoms with Crippen molar-refractivity contribution in [3.8, 4) is 22.8 Å². The fraction of sp³-hybridized carbons (Fsp3) is 0.333. The Morgan fingerprint density at radius 1 is 1.03 bits per heavy atom. The van der Waals surface area contributed by atoms with Gasteiger partial charge in [-0.25, -0.2) is 5.01 Å². The SMILES string of the molecule is CCN(CC)NCCCNc1ccc(C(=O)Nc2cc(-c3ccc4c(c3)OCO4)[nH]n2)cc1. The lowest BCUT2D eigenvalue weighted by Crippen LogP contribution is -2.38. The molecule has 4 rings (SSSR count). The second kappa shape index (κ2) is 10.8. The highest BCUT2D eigenvalue weighted by Gasteiger charge is 2.15. The van der Waals surface area contributed by atoms with Crippen molar-refractivity contribution >= 4 is 17.4 Å². The van der Waals surface area contributed by atoms with E-state index in [0.717, 1.165) is 55.3 Å². The van der Waals surface area contributed by atoms with Crippen molar-refractivity contribution in [1.29, 1.82) is 0 Å². The fourth-order valence-electron chi connectivity index (χ4n) is 3.53. The minimum absolute atomic E-state index is 0.214. The molecule has 2 aromatic carbocycles. The molecule has 0 atom stereocenters. The lowest BCUT2D eigenvalue weighted by Gasteiger charge is -2.19. The fourth-order valence-corrected chi connectivity index (χ4v) is 3.53. The second-order valence-electron chi connectivity index (χ2n) is 7.63. The maximum absolute atomic E-state index is 12.6. The molecule has 0 unspecified atom stereocenters. The van der Waals surface area contributed by atoms with Crippen LogP contribution in [-0.2, 0) is 0 Å². The number of anilines is 2. The standard InChI is InChI=1S/C24H30N6O3/c1-3-30(4-2)26-13-5-12-25-19-9-6-17(7-10-19)24(31)27-23-15-20(28-29-23)18-8-11-21-22(14-18)33-16-32-21/h6-11,14-15,25-26H,3-5,12-13,16H2,1-2H3,(H2,27,28,29,31).